The molecule has 0 aliphatic heterocycles. The van der Waals surface area contributed by atoms with E-state index in [1.165, 1.54) is 17.4 Å². The summed E-state index contributed by atoms with van der Waals surface area (Å²) in [6.07, 6.45) is -4.52. The van der Waals surface area contributed by atoms with Crippen LogP contribution in [-0.2, 0) is 6.18 Å². The van der Waals surface area contributed by atoms with Crippen molar-refractivity contribution >= 4 is 34.4 Å². The molecule has 0 saturated heterocycles. The number of halogens is 3. The quantitative estimate of drug-likeness (QED) is 0.833. The van der Waals surface area contributed by atoms with Gasteiger partial charge in [-0.3, -0.25) is 0 Å². The van der Waals surface area contributed by atoms with Crippen molar-refractivity contribution < 1.29 is 13.2 Å². The second-order valence-corrected chi connectivity index (χ2v) is 5.60. The van der Waals surface area contributed by atoms with Crippen LogP contribution in [0.2, 0.25) is 0 Å². The summed E-state index contributed by atoms with van der Waals surface area (Å²) in [6, 6.07) is 3.78. The van der Waals surface area contributed by atoms with Gasteiger partial charge < -0.3 is 11.1 Å². The summed E-state index contributed by atoms with van der Waals surface area (Å²) in [5.74, 6) is 0.0380. The molecular formula is C13H12F3N3S2. The molecule has 2 heterocycles. The molecule has 3 nitrogen and oxygen atoms in total. The number of nitrogens with one attached hydrogen (secondary N) is 1. The van der Waals surface area contributed by atoms with Crippen LogP contribution < -0.4 is 11.1 Å². The largest absolute Gasteiger partial charge is 0.433 e. The van der Waals surface area contributed by atoms with Gasteiger partial charge in [-0.15, -0.1) is 0 Å². The molecule has 0 aliphatic rings. The van der Waals surface area contributed by atoms with Gasteiger partial charge in [0.05, 0.1) is 11.6 Å². The molecular weight excluding hydrogens is 319 g/mol. The number of nitrogens with two attached hydrogens (primary N) is 1. The molecule has 0 spiro atoms. The van der Waals surface area contributed by atoms with E-state index in [2.05, 4.69) is 10.3 Å². The Hall–Kier alpha value is -1.67. The van der Waals surface area contributed by atoms with Crippen molar-refractivity contribution in [2.24, 2.45) is 5.73 Å². The lowest BCUT2D eigenvalue weighted by Gasteiger charge is -2.17. The van der Waals surface area contributed by atoms with Crippen molar-refractivity contribution in [3.8, 4) is 0 Å². The minimum atomic E-state index is -4.52. The average Bonchev–Trinajstić information content (AvgIpc) is 2.91. The number of pyridine rings is 1. The Bertz CT molecular complexity index is 639. The van der Waals surface area contributed by atoms with Crippen LogP contribution in [0.25, 0.3) is 0 Å². The minimum absolute atomic E-state index is 0.00348. The summed E-state index contributed by atoms with van der Waals surface area (Å²) < 4.78 is 38.3. The molecule has 0 bridgehead atoms. The van der Waals surface area contributed by atoms with Gasteiger partial charge in [0.25, 0.3) is 0 Å². The van der Waals surface area contributed by atoms with Crippen molar-refractivity contribution in [1.29, 1.82) is 0 Å². The zero-order valence-corrected chi connectivity index (χ0v) is 12.6. The Morgan fingerprint density at radius 1 is 1.38 bits per heavy atom. The van der Waals surface area contributed by atoms with Crippen LogP contribution in [0.15, 0.2) is 29.0 Å². The number of hydrogen-bond donors (Lipinski definition) is 2. The van der Waals surface area contributed by atoms with Gasteiger partial charge in [0.1, 0.15) is 16.5 Å². The summed E-state index contributed by atoms with van der Waals surface area (Å²) in [6.45, 7) is 1.83. The van der Waals surface area contributed by atoms with E-state index in [1.807, 2.05) is 23.8 Å². The van der Waals surface area contributed by atoms with Gasteiger partial charge in [-0.1, -0.05) is 12.2 Å². The maximum Gasteiger partial charge on any atom is 0.433 e. The van der Waals surface area contributed by atoms with E-state index in [0.717, 1.165) is 11.6 Å². The monoisotopic (exact) mass is 331 g/mol. The Labute approximate surface area is 129 Å². The lowest BCUT2D eigenvalue weighted by molar-refractivity contribution is -0.141. The van der Waals surface area contributed by atoms with Crippen LogP contribution in [0.5, 0.6) is 0 Å². The smallest absolute Gasteiger partial charge is 0.389 e. The summed E-state index contributed by atoms with van der Waals surface area (Å²) in [5.41, 5.74) is 5.80. The molecule has 0 fully saturated rings. The number of aromatic nitrogens is 1. The van der Waals surface area contributed by atoms with Gasteiger partial charge in [-0.25, -0.2) is 4.98 Å². The normalized spacial score (nSPS) is 13.0. The number of rotatable bonds is 4. The van der Waals surface area contributed by atoms with Crippen LogP contribution in [0.1, 0.15) is 29.8 Å². The van der Waals surface area contributed by atoms with Gasteiger partial charge in [-0.05, 0) is 41.4 Å². The summed E-state index contributed by atoms with van der Waals surface area (Å²) in [4.78, 5) is 3.61. The molecule has 0 radical (unpaired) electrons. The molecule has 0 aliphatic carbocycles. The number of anilines is 1. The Morgan fingerprint density at radius 3 is 2.62 bits per heavy atom. The third-order valence-electron chi connectivity index (χ3n) is 2.85. The van der Waals surface area contributed by atoms with Gasteiger partial charge in [0.2, 0.25) is 0 Å². The number of nitrogens with zero attached hydrogens (tertiary/aromatic N) is 1. The van der Waals surface area contributed by atoms with Crippen molar-refractivity contribution in [3.63, 3.8) is 0 Å². The molecule has 1 atom stereocenters. The zero-order chi connectivity index (χ0) is 15.6. The Balaban J connectivity index is 2.37. The van der Waals surface area contributed by atoms with E-state index in [9.17, 15) is 13.2 Å². The van der Waals surface area contributed by atoms with E-state index >= 15 is 0 Å². The first-order valence-corrected chi connectivity index (χ1v) is 7.31. The minimum Gasteiger partial charge on any atom is -0.389 e. The highest BCUT2D eigenvalue weighted by Gasteiger charge is 2.33. The first-order valence-electron chi connectivity index (χ1n) is 5.95. The summed E-state index contributed by atoms with van der Waals surface area (Å²) >= 11 is 6.36. The lowest BCUT2D eigenvalue weighted by atomic mass is 10.1. The van der Waals surface area contributed by atoms with Gasteiger partial charge in [-0.2, -0.15) is 24.5 Å². The molecule has 8 heteroatoms. The standard InChI is InChI=1S/C13H12F3N3S2/c1-7(8-4-5-21-6-8)18-12-9(11(17)20)2-3-10(19-12)13(14,15)16/h2-7H,1H3,(H2,17,20)(H,18,19). The highest BCUT2D eigenvalue weighted by Crippen LogP contribution is 2.30. The topological polar surface area (TPSA) is 50.9 Å². The third-order valence-corrected chi connectivity index (χ3v) is 3.77. The Morgan fingerprint density at radius 2 is 2.10 bits per heavy atom. The van der Waals surface area contributed by atoms with Crippen LogP contribution in [-0.4, -0.2) is 9.97 Å². The van der Waals surface area contributed by atoms with Crippen molar-refractivity contribution in [3.05, 3.63) is 45.8 Å². The van der Waals surface area contributed by atoms with E-state index in [1.54, 1.807) is 0 Å². The fraction of sp³-hybridized carbons (Fsp3) is 0.231. The highest BCUT2D eigenvalue weighted by molar-refractivity contribution is 7.80. The van der Waals surface area contributed by atoms with Crippen molar-refractivity contribution in [1.82, 2.24) is 4.98 Å². The van der Waals surface area contributed by atoms with Crippen LogP contribution in [0, 0.1) is 0 Å². The zero-order valence-electron chi connectivity index (χ0n) is 10.9. The number of thiophene rings is 1. The summed E-state index contributed by atoms with van der Waals surface area (Å²) in [5, 5.41) is 6.73. The van der Waals surface area contributed by atoms with E-state index < -0.39 is 11.9 Å². The molecule has 2 rings (SSSR count). The predicted molar refractivity (Wildman–Crippen MR) is 81.5 cm³/mol. The fourth-order valence-electron chi connectivity index (χ4n) is 1.74. The maximum absolute atomic E-state index is 12.8. The molecule has 0 saturated carbocycles. The average molecular weight is 331 g/mol. The first-order chi connectivity index (χ1) is 9.79. The molecule has 3 N–H and O–H groups in total. The second-order valence-electron chi connectivity index (χ2n) is 4.38. The SMILES string of the molecule is CC(Nc1nc(C(F)(F)F)ccc1C(N)=S)c1ccsc1. The second kappa shape index (κ2) is 5.98. The van der Waals surface area contributed by atoms with E-state index in [0.29, 0.717) is 5.56 Å². The third kappa shape index (κ3) is 3.70. The molecule has 1 unspecified atom stereocenters. The van der Waals surface area contributed by atoms with Gasteiger partial charge in [0, 0.05) is 0 Å². The predicted octanol–water partition coefficient (Wildman–Crippen LogP) is 3.97. The van der Waals surface area contributed by atoms with Crippen LogP contribution in [0.3, 0.4) is 0 Å². The number of alkyl halides is 3. The lowest BCUT2D eigenvalue weighted by Crippen LogP contribution is -2.18. The van der Waals surface area contributed by atoms with Crippen LogP contribution >= 0.6 is 23.6 Å². The number of hydrogen-bond acceptors (Lipinski definition) is 4. The molecule has 2 aromatic rings. The maximum atomic E-state index is 12.8. The molecule has 0 amide bonds. The van der Waals surface area contributed by atoms with Crippen molar-refractivity contribution in [2.75, 3.05) is 5.32 Å². The molecule has 21 heavy (non-hydrogen) atoms. The van der Waals surface area contributed by atoms with Crippen molar-refractivity contribution in [2.45, 2.75) is 19.1 Å². The summed E-state index contributed by atoms with van der Waals surface area (Å²) in [7, 11) is 0. The van der Waals surface area contributed by atoms with E-state index in [4.69, 9.17) is 18.0 Å². The molecule has 0 aromatic carbocycles. The first kappa shape index (κ1) is 15.7. The van der Waals surface area contributed by atoms with E-state index in [-0.39, 0.29) is 16.8 Å². The molecule has 2 aromatic heterocycles. The number of thiocarbonyl (C=S) groups is 1. The Kier molecular flexibility index (Phi) is 4.48. The molecule has 112 valence electrons. The van der Waals surface area contributed by atoms with Gasteiger partial charge in [0.15, 0.2) is 0 Å². The fourth-order valence-corrected chi connectivity index (χ4v) is 2.65. The van der Waals surface area contributed by atoms with Gasteiger partial charge >= 0.3 is 6.18 Å². The van der Waals surface area contributed by atoms with Crippen LogP contribution in [0.4, 0.5) is 19.0 Å². The highest BCUT2D eigenvalue weighted by atomic mass is 32.1.